The number of aliphatic carboxylic acids is 3. The van der Waals surface area contributed by atoms with Gasteiger partial charge in [0.25, 0.3) is 17.9 Å². The van der Waals surface area contributed by atoms with E-state index in [1.165, 1.54) is 0 Å². The molecule has 9 nitrogen and oxygen atoms in total. The van der Waals surface area contributed by atoms with Crippen LogP contribution in [0.4, 0.5) is 0 Å². The maximum absolute atomic E-state index is 9.00. The lowest BCUT2D eigenvalue weighted by atomic mass is 10.5. The molecule has 1 unspecified atom stereocenters. The van der Waals surface area contributed by atoms with Gasteiger partial charge in [0, 0.05) is 27.3 Å². The third-order valence-corrected chi connectivity index (χ3v) is 0.578. The topological polar surface area (TPSA) is 170 Å². The van der Waals surface area contributed by atoms with Crippen molar-refractivity contribution in [3.63, 3.8) is 0 Å². The molecule has 0 saturated carbocycles. The first-order chi connectivity index (χ1) is 8.47. The molecule has 0 aliphatic carbocycles. The van der Waals surface area contributed by atoms with E-state index in [0.29, 0.717) is 6.54 Å². The predicted molar refractivity (Wildman–Crippen MR) is 68.7 cm³/mol. The Hall–Kier alpha value is -1.71. The first-order valence-corrected chi connectivity index (χ1v) is 5.15. The average molecular weight is 284 g/mol. The molecule has 0 spiro atoms. The molecule has 0 aliphatic rings. The zero-order valence-electron chi connectivity index (χ0n) is 11.6. The quantitative estimate of drug-likeness (QED) is 0.361. The SMILES string of the molecule is CC(=O)O.CC(=O)O.CC(=O)O.CC(N)NCCO. The highest BCUT2D eigenvalue weighted by molar-refractivity contribution is 5.63. The van der Waals surface area contributed by atoms with Gasteiger partial charge >= 0.3 is 0 Å². The third-order valence-electron chi connectivity index (χ3n) is 0.578. The Labute approximate surface area is 112 Å². The fourth-order valence-corrected chi connectivity index (χ4v) is 0.292. The molecule has 0 aromatic rings. The lowest BCUT2D eigenvalue weighted by Crippen LogP contribution is -2.35. The Morgan fingerprint density at radius 3 is 1.26 bits per heavy atom. The number of carboxylic acid groups (broad SMARTS) is 3. The first-order valence-electron chi connectivity index (χ1n) is 5.15. The number of carbonyl (C=O) groups is 3. The molecule has 0 amide bonds. The summed E-state index contributed by atoms with van der Waals surface area (Å²) in [5.74, 6) is -2.50. The molecule has 0 aliphatic heterocycles. The van der Waals surface area contributed by atoms with Gasteiger partial charge in [-0.2, -0.15) is 0 Å². The van der Waals surface area contributed by atoms with Crippen LogP contribution < -0.4 is 11.1 Å². The van der Waals surface area contributed by atoms with Gasteiger partial charge in [-0.1, -0.05) is 0 Å². The molecule has 7 N–H and O–H groups in total. The summed E-state index contributed by atoms with van der Waals surface area (Å²) >= 11 is 0. The van der Waals surface area contributed by atoms with Crippen LogP contribution >= 0.6 is 0 Å². The van der Waals surface area contributed by atoms with Crippen LogP contribution in [0.5, 0.6) is 0 Å². The highest BCUT2D eigenvalue weighted by Gasteiger charge is 1.86. The predicted octanol–water partition coefficient (Wildman–Crippen LogP) is -0.854. The Balaban J connectivity index is -0.0000000825. The van der Waals surface area contributed by atoms with Gasteiger partial charge in [0.2, 0.25) is 0 Å². The van der Waals surface area contributed by atoms with E-state index in [9.17, 15) is 0 Å². The second kappa shape index (κ2) is 21.6. The molecule has 0 aromatic carbocycles. The fraction of sp³-hybridized carbons (Fsp3) is 0.700. The highest BCUT2D eigenvalue weighted by atomic mass is 16.4. The maximum Gasteiger partial charge on any atom is 0.300 e. The molecule has 0 bridgehead atoms. The maximum atomic E-state index is 9.00. The van der Waals surface area contributed by atoms with Gasteiger partial charge in [0.05, 0.1) is 12.8 Å². The van der Waals surface area contributed by atoms with Crippen LogP contribution in [0.1, 0.15) is 27.7 Å². The van der Waals surface area contributed by atoms with Gasteiger partial charge in [-0.05, 0) is 6.92 Å². The van der Waals surface area contributed by atoms with Crippen molar-refractivity contribution in [2.24, 2.45) is 5.73 Å². The zero-order valence-corrected chi connectivity index (χ0v) is 11.6. The lowest BCUT2D eigenvalue weighted by Gasteiger charge is -2.03. The fourth-order valence-electron chi connectivity index (χ4n) is 0.292. The van der Waals surface area contributed by atoms with Gasteiger partial charge < -0.3 is 31.5 Å². The van der Waals surface area contributed by atoms with Crippen molar-refractivity contribution in [2.45, 2.75) is 33.9 Å². The average Bonchev–Trinajstić information content (AvgIpc) is 2.11. The smallest absolute Gasteiger partial charge is 0.300 e. The Morgan fingerprint density at radius 2 is 1.21 bits per heavy atom. The molecule has 1 atom stereocenters. The standard InChI is InChI=1S/C4H12N2O.3C2H4O2/c1-4(5)6-2-3-7;3*1-2(3)4/h4,6-7H,2-3,5H2,1H3;3*1H3,(H,3,4). The minimum absolute atomic E-state index is 0.00727. The monoisotopic (exact) mass is 284 g/mol. The number of carboxylic acids is 3. The van der Waals surface area contributed by atoms with E-state index >= 15 is 0 Å². The Morgan fingerprint density at radius 1 is 1.00 bits per heavy atom. The van der Waals surface area contributed by atoms with E-state index in [1.807, 2.05) is 6.92 Å². The number of aliphatic hydroxyl groups is 1. The zero-order chi connectivity index (χ0) is 16.4. The first kappa shape index (κ1) is 26.0. The summed E-state index contributed by atoms with van der Waals surface area (Å²) in [5.41, 5.74) is 5.26. The van der Waals surface area contributed by atoms with Crippen LogP contribution in [-0.2, 0) is 14.4 Å². The Bertz CT molecular complexity index is 191. The second-order valence-electron chi connectivity index (χ2n) is 3.02. The minimum atomic E-state index is -0.833. The molecular weight excluding hydrogens is 260 g/mol. The molecule has 0 aromatic heterocycles. The molecule has 19 heavy (non-hydrogen) atoms. The highest BCUT2D eigenvalue weighted by Crippen LogP contribution is 1.61. The summed E-state index contributed by atoms with van der Waals surface area (Å²) < 4.78 is 0. The van der Waals surface area contributed by atoms with Crippen LogP contribution in [-0.4, -0.2) is 57.7 Å². The van der Waals surface area contributed by atoms with E-state index in [4.69, 9.17) is 40.5 Å². The summed E-state index contributed by atoms with van der Waals surface area (Å²) in [6.45, 7) is 5.81. The van der Waals surface area contributed by atoms with Gasteiger partial charge in [0.1, 0.15) is 0 Å². The van der Waals surface area contributed by atoms with Crippen molar-refractivity contribution in [3.8, 4) is 0 Å². The minimum Gasteiger partial charge on any atom is -0.481 e. The number of rotatable bonds is 3. The summed E-state index contributed by atoms with van der Waals surface area (Å²) in [6.07, 6.45) is -0.00727. The number of aliphatic hydroxyl groups excluding tert-OH is 1. The van der Waals surface area contributed by atoms with Crippen molar-refractivity contribution in [2.75, 3.05) is 13.2 Å². The molecule has 0 heterocycles. The molecular formula is C10H24N2O7. The lowest BCUT2D eigenvalue weighted by molar-refractivity contribution is -0.135. The van der Waals surface area contributed by atoms with E-state index in [0.717, 1.165) is 20.8 Å². The molecule has 116 valence electrons. The summed E-state index contributed by atoms with van der Waals surface area (Å²) in [5, 5.41) is 33.3. The van der Waals surface area contributed by atoms with Gasteiger partial charge in [-0.3, -0.25) is 14.4 Å². The van der Waals surface area contributed by atoms with E-state index in [-0.39, 0.29) is 12.8 Å². The van der Waals surface area contributed by atoms with Crippen molar-refractivity contribution in [1.29, 1.82) is 0 Å². The third kappa shape index (κ3) is 634. The normalized spacial score (nSPS) is 9.16. The number of nitrogens with one attached hydrogen (secondary N) is 1. The van der Waals surface area contributed by atoms with Crippen LogP contribution in [0.2, 0.25) is 0 Å². The van der Waals surface area contributed by atoms with Crippen LogP contribution in [0.15, 0.2) is 0 Å². The van der Waals surface area contributed by atoms with Crippen molar-refractivity contribution < 1.29 is 34.8 Å². The summed E-state index contributed by atoms with van der Waals surface area (Å²) in [4.78, 5) is 27.0. The Kier molecular flexibility index (Phi) is 29.5. The van der Waals surface area contributed by atoms with Crippen molar-refractivity contribution in [1.82, 2.24) is 5.32 Å². The molecule has 0 saturated heterocycles. The molecule has 9 heteroatoms. The largest absolute Gasteiger partial charge is 0.481 e. The van der Waals surface area contributed by atoms with Crippen LogP contribution in [0, 0.1) is 0 Å². The number of hydrogen-bond donors (Lipinski definition) is 6. The van der Waals surface area contributed by atoms with Crippen LogP contribution in [0.25, 0.3) is 0 Å². The van der Waals surface area contributed by atoms with E-state index < -0.39 is 17.9 Å². The number of hydrogen-bond acceptors (Lipinski definition) is 6. The molecule has 0 rings (SSSR count). The van der Waals surface area contributed by atoms with E-state index in [2.05, 4.69) is 5.32 Å². The van der Waals surface area contributed by atoms with Crippen molar-refractivity contribution in [3.05, 3.63) is 0 Å². The second-order valence-corrected chi connectivity index (χ2v) is 3.02. The summed E-state index contributed by atoms with van der Waals surface area (Å²) in [6, 6.07) is 0. The molecule has 0 radical (unpaired) electrons. The van der Waals surface area contributed by atoms with Gasteiger partial charge in [0.15, 0.2) is 0 Å². The number of nitrogens with two attached hydrogens (primary N) is 1. The summed E-state index contributed by atoms with van der Waals surface area (Å²) in [7, 11) is 0. The van der Waals surface area contributed by atoms with Crippen LogP contribution in [0.3, 0.4) is 0 Å². The van der Waals surface area contributed by atoms with E-state index in [1.54, 1.807) is 0 Å². The molecule has 0 fully saturated rings. The van der Waals surface area contributed by atoms with Gasteiger partial charge in [-0.15, -0.1) is 0 Å². The van der Waals surface area contributed by atoms with Crippen molar-refractivity contribution >= 4 is 17.9 Å². The van der Waals surface area contributed by atoms with Gasteiger partial charge in [-0.25, -0.2) is 0 Å².